The normalized spacial score (nSPS) is 11.6. The van der Waals surface area contributed by atoms with Gasteiger partial charge in [-0.2, -0.15) is 10.1 Å². The van der Waals surface area contributed by atoms with Crippen molar-refractivity contribution in [2.75, 3.05) is 12.4 Å². The Bertz CT molecular complexity index is 953. The molecule has 1 unspecified atom stereocenters. The molecule has 3 aromatic rings. The van der Waals surface area contributed by atoms with Gasteiger partial charge in [-0.1, -0.05) is 18.2 Å². The van der Waals surface area contributed by atoms with Crippen LogP contribution in [0.3, 0.4) is 0 Å². The van der Waals surface area contributed by atoms with Gasteiger partial charge in [-0.15, -0.1) is 0 Å². The van der Waals surface area contributed by atoms with Crippen molar-refractivity contribution in [2.45, 2.75) is 13.0 Å². The first kappa shape index (κ1) is 17.3. The van der Waals surface area contributed by atoms with Crippen LogP contribution in [0.15, 0.2) is 65.6 Å². The van der Waals surface area contributed by atoms with Crippen LogP contribution in [0.2, 0.25) is 0 Å². The number of hydrogen-bond donors (Lipinski definition) is 1. The van der Waals surface area contributed by atoms with Crippen LogP contribution in [-0.2, 0) is 4.79 Å². The Kier molecular flexibility index (Phi) is 5.07. The van der Waals surface area contributed by atoms with Gasteiger partial charge in [0.25, 0.3) is 0 Å². The molecule has 7 heteroatoms. The molecule has 0 aliphatic rings. The fourth-order valence-electron chi connectivity index (χ4n) is 2.40. The minimum absolute atomic E-state index is 0.343. The molecular formula is C19H18N4O3. The number of benzene rings is 2. The molecule has 2 aromatic carbocycles. The Morgan fingerprint density at radius 1 is 1.12 bits per heavy atom. The van der Waals surface area contributed by atoms with Gasteiger partial charge in [-0.25, -0.2) is 9.48 Å². The van der Waals surface area contributed by atoms with Gasteiger partial charge < -0.3 is 10.1 Å². The maximum atomic E-state index is 12.3. The fourth-order valence-corrected chi connectivity index (χ4v) is 2.40. The lowest BCUT2D eigenvalue weighted by molar-refractivity contribution is -0.119. The summed E-state index contributed by atoms with van der Waals surface area (Å²) in [6.45, 7) is 1.60. The number of carbonyl (C=O) groups is 1. The molecule has 1 N–H and O–H groups in total. The van der Waals surface area contributed by atoms with E-state index >= 15 is 0 Å². The smallest absolute Gasteiger partial charge is 0.365 e. The molecule has 1 heterocycles. The summed E-state index contributed by atoms with van der Waals surface area (Å²) in [6.07, 6.45) is 1.47. The second-order valence-electron chi connectivity index (χ2n) is 5.63. The molecular weight excluding hydrogens is 332 g/mol. The number of amides is 1. The first-order valence-electron chi connectivity index (χ1n) is 8.04. The molecule has 3 rings (SSSR count). The van der Waals surface area contributed by atoms with Crippen molar-refractivity contribution >= 4 is 11.6 Å². The molecule has 26 heavy (non-hydrogen) atoms. The number of anilines is 1. The number of nitrogens with one attached hydrogen (secondary N) is 1. The summed E-state index contributed by atoms with van der Waals surface area (Å²) in [5.41, 5.74) is 1.24. The van der Waals surface area contributed by atoms with E-state index in [9.17, 15) is 9.59 Å². The number of ether oxygens (including phenoxy) is 1. The molecule has 0 saturated carbocycles. The molecule has 1 amide bonds. The first-order valence-corrected chi connectivity index (χ1v) is 8.04. The Labute approximate surface area is 150 Å². The van der Waals surface area contributed by atoms with Crippen molar-refractivity contribution in [1.29, 1.82) is 0 Å². The first-order chi connectivity index (χ1) is 12.6. The van der Waals surface area contributed by atoms with Crippen LogP contribution in [0, 0.1) is 0 Å². The highest BCUT2D eigenvalue weighted by Crippen LogP contribution is 2.19. The third-order valence-corrected chi connectivity index (χ3v) is 3.89. The second-order valence-corrected chi connectivity index (χ2v) is 5.63. The van der Waals surface area contributed by atoms with E-state index in [2.05, 4.69) is 15.4 Å². The standard InChI is InChI=1S/C19H18N4O3/c1-13(18(24)21-15-6-4-3-5-7-15)23-19(25)22-17(12-20-23)14-8-10-16(26-2)11-9-14/h3-13H,1-2H3,(H,21,24). The zero-order chi connectivity index (χ0) is 18.5. The van der Waals surface area contributed by atoms with Crippen molar-refractivity contribution < 1.29 is 9.53 Å². The van der Waals surface area contributed by atoms with Crippen LogP contribution >= 0.6 is 0 Å². The average molecular weight is 350 g/mol. The van der Waals surface area contributed by atoms with Gasteiger partial charge in [0.2, 0.25) is 5.91 Å². The van der Waals surface area contributed by atoms with E-state index in [4.69, 9.17) is 4.74 Å². The number of rotatable bonds is 5. The third kappa shape index (κ3) is 3.77. The Morgan fingerprint density at radius 3 is 2.42 bits per heavy atom. The molecule has 0 aliphatic carbocycles. The number of aromatic nitrogens is 3. The van der Waals surface area contributed by atoms with E-state index < -0.39 is 11.7 Å². The number of methoxy groups -OCH3 is 1. The predicted molar refractivity (Wildman–Crippen MR) is 98.1 cm³/mol. The average Bonchev–Trinajstić information content (AvgIpc) is 2.68. The van der Waals surface area contributed by atoms with Gasteiger partial charge in [-0.3, -0.25) is 4.79 Å². The number of carbonyl (C=O) groups excluding carboxylic acids is 1. The molecule has 1 atom stereocenters. The lowest BCUT2D eigenvalue weighted by Crippen LogP contribution is -2.34. The minimum Gasteiger partial charge on any atom is -0.497 e. The SMILES string of the molecule is COc1ccc(-c2cnn(C(C)C(=O)Nc3ccccc3)c(=O)n2)cc1. The fraction of sp³-hybridized carbons (Fsp3) is 0.158. The number of para-hydroxylation sites is 1. The van der Waals surface area contributed by atoms with Gasteiger partial charge >= 0.3 is 5.69 Å². The van der Waals surface area contributed by atoms with Gasteiger partial charge in [-0.05, 0) is 43.3 Å². The summed E-state index contributed by atoms with van der Waals surface area (Å²) in [6, 6.07) is 15.4. The molecule has 0 saturated heterocycles. The summed E-state index contributed by atoms with van der Waals surface area (Å²) >= 11 is 0. The van der Waals surface area contributed by atoms with Crippen LogP contribution in [0.4, 0.5) is 5.69 Å². The Morgan fingerprint density at radius 2 is 1.81 bits per heavy atom. The highest BCUT2D eigenvalue weighted by Gasteiger charge is 2.18. The van der Waals surface area contributed by atoms with Crippen molar-refractivity contribution in [3.63, 3.8) is 0 Å². The third-order valence-electron chi connectivity index (χ3n) is 3.89. The van der Waals surface area contributed by atoms with Gasteiger partial charge in [0.1, 0.15) is 11.8 Å². The Balaban J connectivity index is 1.80. The monoisotopic (exact) mass is 350 g/mol. The molecule has 7 nitrogen and oxygen atoms in total. The minimum atomic E-state index is -0.792. The van der Waals surface area contributed by atoms with Crippen molar-refractivity contribution in [3.05, 3.63) is 71.3 Å². The maximum Gasteiger partial charge on any atom is 0.365 e. The van der Waals surface area contributed by atoms with Crippen molar-refractivity contribution in [3.8, 4) is 17.0 Å². The van der Waals surface area contributed by atoms with Crippen molar-refractivity contribution in [2.24, 2.45) is 0 Å². The van der Waals surface area contributed by atoms with Crippen LogP contribution < -0.4 is 15.7 Å². The van der Waals surface area contributed by atoms with Crippen LogP contribution in [0.1, 0.15) is 13.0 Å². The maximum absolute atomic E-state index is 12.3. The lowest BCUT2D eigenvalue weighted by Gasteiger charge is -2.13. The van der Waals surface area contributed by atoms with Gasteiger partial charge in [0.05, 0.1) is 19.0 Å². The number of nitrogens with zero attached hydrogens (tertiary/aromatic N) is 3. The topological polar surface area (TPSA) is 86.1 Å². The van der Waals surface area contributed by atoms with Crippen LogP contribution in [-0.4, -0.2) is 27.8 Å². The lowest BCUT2D eigenvalue weighted by atomic mass is 10.1. The summed E-state index contributed by atoms with van der Waals surface area (Å²) in [5, 5.41) is 6.86. The molecule has 0 bridgehead atoms. The second kappa shape index (κ2) is 7.60. The van der Waals surface area contributed by atoms with Crippen LogP contribution in [0.5, 0.6) is 5.75 Å². The van der Waals surface area contributed by atoms with Crippen LogP contribution in [0.25, 0.3) is 11.3 Å². The summed E-state index contributed by atoms with van der Waals surface area (Å²) < 4.78 is 6.17. The highest BCUT2D eigenvalue weighted by atomic mass is 16.5. The zero-order valence-corrected chi connectivity index (χ0v) is 14.4. The molecule has 0 fully saturated rings. The summed E-state index contributed by atoms with van der Waals surface area (Å²) in [5.74, 6) is 0.367. The van der Waals surface area contributed by atoms with E-state index in [0.29, 0.717) is 17.1 Å². The van der Waals surface area contributed by atoms with E-state index in [-0.39, 0.29) is 5.91 Å². The van der Waals surface area contributed by atoms with E-state index in [1.165, 1.54) is 6.20 Å². The molecule has 0 radical (unpaired) electrons. The molecule has 1 aromatic heterocycles. The Hall–Kier alpha value is -3.48. The number of hydrogen-bond acceptors (Lipinski definition) is 5. The van der Waals surface area contributed by atoms with E-state index in [1.807, 2.05) is 18.2 Å². The molecule has 0 aliphatic heterocycles. The largest absolute Gasteiger partial charge is 0.497 e. The highest BCUT2D eigenvalue weighted by molar-refractivity contribution is 5.93. The molecule has 132 valence electrons. The van der Waals surface area contributed by atoms with E-state index in [1.54, 1.807) is 50.4 Å². The predicted octanol–water partition coefficient (Wildman–Crippen LogP) is 2.51. The molecule has 0 spiro atoms. The summed E-state index contributed by atoms with van der Waals surface area (Å²) in [4.78, 5) is 28.7. The summed E-state index contributed by atoms with van der Waals surface area (Å²) in [7, 11) is 1.58. The quantitative estimate of drug-likeness (QED) is 0.764. The zero-order valence-electron chi connectivity index (χ0n) is 14.4. The van der Waals surface area contributed by atoms with Gasteiger partial charge in [0.15, 0.2) is 0 Å². The van der Waals surface area contributed by atoms with Gasteiger partial charge in [0, 0.05) is 11.3 Å². The van der Waals surface area contributed by atoms with Crippen molar-refractivity contribution in [1.82, 2.24) is 14.8 Å². The van der Waals surface area contributed by atoms with E-state index in [0.717, 1.165) is 10.2 Å².